The number of aliphatic imine (C=N–C) groups is 1. The van der Waals surface area contributed by atoms with Crippen molar-refractivity contribution in [1.82, 2.24) is 45.3 Å². The molecular weight excluding hydrogens is 697 g/mol. The SMILES string of the molecule is CC(C)[C@H](NC(=O)O)C(=O)N1CCC[C@H]1c1ncc(-c2ccc(-c3ccc(-c4cnc([C@@H]5CCCN5C(=O)[C@@H](NC5=NCCN5C)C(C)C)[nH]4)cc3)cc2)[nH]1. The molecule has 4 atom stereocenters. The highest BCUT2D eigenvalue weighted by Gasteiger charge is 2.39. The summed E-state index contributed by atoms with van der Waals surface area (Å²) < 4.78 is 0. The number of hydrogen-bond donors (Lipinski definition) is 5. The van der Waals surface area contributed by atoms with Gasteiger partial charge < -0.3 is 40.4 Å². The molecule has 0 aliphatic carbocycles. The average Bonchev–Trinajstić information content (AvgIpc) is 4.02. The van der Waals surface area contributed by atoms with Gasteiger partial charge in [0.1, 0.15) is 23.7 Å². The molecule has 0 radical (unpaired) electrons. The first-order valence-corrected chi connectivity index (χ1v) is 19.4. The molecule has 5 heterocycles. The van der Waals surface area contributed by atoms with Crippen molar-refractivity contribution in [2.45, 2.75) is 77.5 Å². The van der Waals surface area contributed by atoms with E-state index in [1.54, 1.807) is 11.1 Å². The monoisotopic (exact) mass is 748 g/mol. The zero-order valence-electron chi connectivity index (χ0n) is 32.2. The number of hydrogen-bond acceptors (Lipinski definition) is 8. The molecule has 0 unspecified atom stereocenters. The van der Waals surface area contributed by atoms with Crippen LogP contribution in [-0.4, -0.2) is 109 Å². The molecule has 5 N–H and O–H groups in total. The fraction of sp³-hybridized carbons (Fsp3) is 0.463. The maximum absolute atomic E-state index is 13.9. The van der Waals surface area contributed by atoms with Crippen LogP contribution in [0.25, 0.3) is 33.6 Å². The Hall–Kier alpha value is -5.66. The molecule has 2 aromatic carbocycles. The molecule has 14 nitrogen and oxygen atoms in total. The van der Waals surface area contributed by atoms with Gasteiger partial charge in [0.15, 0.2) is 5.96 Å². The van der Waals surface area contributed by atoms with Crippen LogP contribution in [0.2, 0.25) is 0 Å². The van der Waals surface area contributed by atoms with E-state index >= 15 is 0 Å². The lowest BCUT2D eigenvalue weighted by Gasteiger charge is -2.31. The molecule has 3 amide bonds. The zero-order valence-corrected chi connectivity index (χ0v) is 32.2. The number of likely N-dealkylation sites (tertiary alicyclic amines) is 2. The minimum absolute atomic E-state index is 0.0845. The number of nitrogens with zero attached hydrogens (tertiary/aromatic N) is 6. The van der Waals surface area contributed by atoms with Gasteiger partial charge in [-0.05, 0) is 59.8 Å². The van der Waals surface area contributed by atoms with Gasteiger partial charge in [-0.15, -0.1) is 0 Å². The summed E-state index contributed by atoms with van der Waals surface area (Å²) in [5.41, 5.74) is 5.90. The number of aromatic amines is 2. The lowest BCUT2D eigenvalue weighted by Crippen LogP contribution is -2.53. The Morgan fingerprint density at radius 3 is 1.58 bits per heavy atom. The number of likely N-dealkylation sites (N-methyl/N-ethyl adjacent to an activating group) is 1. The number of imidazole rings is 2. The van der Waals surface area contributed by atoms with Crippen LogP contribution >= 0.6 is 0 Å². The Labute approximate surface area is 321 Å². The Kier molecular flexibility index (Phi) is 10.9. The van der Waals surface area contributed by atoms with Gasteiger partial charge in [0.25, 0.3) is 0 Å². The van der Waals surface area contributed by atoms with Crippen molar-refractivity contribution in [3.63, 3.8) is 0 Å². The number of carbonyl (C=O) groups is 3. The third-order valence-corrected chi connectivity index (χ3v) is 11.1. The summed E-state index contributed by atoms with van der Waals surface area (Å²) in [6.45, 7) is 10.7. The van der Waals surface area contributed by atoms with E-state index in [1.165, 1.54) is 0 Å². The van der Waals surface area contributed by atoms with E-state index in [9.17, 15) is 19.5 Å². The first-order chi connectivity index (χ1) is 26.5. The smallest absolute Gasteiger partial charge is 0.405 e. The van der Waals surface area contributed by atoms with E-state index in [2.05, 4.69) is 97.9 Å². The number of nitrogens with one attached hydrogen (secondary N) is 4. The van der Waals surface area contributed by atoms with E-state index in [4.69, 9.17) is 4.98 Å². The fourth-order valence-corrected chi connectivity index (χ4v) is 7.96. The van der Waals surface area contributed by atoms with Crippen LogP contribution in [0, 0.1) is 11.8 Å². The van der Waals surface area contributed by atoms with Crippen molar-refractivity contribution in [2.75, 3.05) is 33.2 Å². The van der Waals surface area contributed by atoms with Gasteiger partial charge in [-0.1, -0.05) is 76.2 Å². The summed E-state index contributed by atoms with van der Waals surface area (Å²) in [6, 6.07) is 15.1. The molecule has 290 valence electrons. The third-order valence-electron chi connectivity index (χ3n) is 11.1. The van der Waals surface area contributed by atoms with Crippen molar-refractivity contribution in [3.05, 3.63) is 72.6 Å². The maximum atomic E-state index is 13.9. The average molecular weight is 749 g/mol. The van der Waals surface area contributed by atoms with Gasteiger partial charge in [-0.2, -0.15) is 0 Å². The minimum atomic E-state index is -1.21. The predicted molar refractivity (Wildman–Crippen MR) is 211 cm³/mol. The van der Waals surface area contributed by atoms with E-state index in [1.807, 2.05) is 32.0 Å². The number of rotatable bonds is 11. The first kappa shape index (κ1) is 37.6. The van der Waals surface area contributed by atoms with Gasteiger partial charge in [-0.25, -0.2) is 14.8 Å². The Balaban J connectivity index is 0.997. The van der Waals surface area contributed by atoms with Crippen LogP contribution in [0.1, 0.15) is 77.1 Å². The number of guanidine groups is 1. The van der Waals surface area contributed by atoms with Crippen LogP contribution in [0.3, 0.4) is 0 Å². The second-order valence-electron chi connectivity index (χ2n) is 15.6. The highest BCUT2D eigenvalue weighted by Crippen LogP contribution is 2.35. The molecule has 0 spiro atoms. The number of benzene rings is 2. The van der Waals surface area contributed by atoms with Gasteiger partial charge in [0, 0.05) is 26.7 Å². The van der Waals surface area contributed by atoms with E-state index in [-0.39, 0.29) is 41.8 Å². The summed E-state index contributed by atoms with van der Waals surface area (Å²) in [7, 11) is 2.00. The molecule has 7 rings (SSSR count). The third kappa shape index (κ3) is 7.94. The molecule has 14 heteroatoms. The lowest BCUT2D eigenvalue weighted by atomic mass is 10.0. The number of carboxylic acid groups (broad SMARTS) is 1. The molecule has 3 aliphatic heterocycles. The number of amides is 3. The zero-order chi connectivity index (χ0) is 38.8. The van der Waals surface area contributed by atoms with Crippen LogP contribution < -0.4 is 10.6 Å². The van der Waals surface area contributed by atoms with E-state index in [0.29, 0.717) is 18.9 Å². The number of carbonyl (C=O) groups excluding carboxylic acids is 2. The predicted octanol–water partition coefficient (Wildman–Crippen LogP) is 5.67. The van der Waals surface area contributed by atoms with E-state index < -0.39 is 12.1 Å². The molecule has 55 heavy (non-hydrogen) atoms. The van der Waals surface area contributed by atoms with Gasteiger partial charge in [0.05, 0.1) is 42.4 Å². The van der Waals surface area contributed by atoms with Gasteiger partial charge in [0.2, 0.25) is 11.8 Å². The van der Waals surface area contributed by atoms with Gasteiger partial charge >= 0.3 is 6.09 Å². The molecule has 0 bridgehead atoms. The molecule has 2 fully saturated rings. The maximum Gasteiger partial charge on any atom is 0.405 e. The summed E-state index contributed by atoms with van der Waals surface area (Å²) in [5, 5.41) is 15.1. The largest absolute Gasteiger partial charge is 0.465 e. The molecule has 2 aromatic heterocycles. The summed E-state index contributed by atoms with van der Waals surface area (Å²) in [4.78, 5) is 65.3. The van der Waals surface area contributed by atoms with Crippen molar-refractivity contribution in [3.8, 4) is 33.6 Å². The summed E-state index contributed by atoms with van der Waals surface area (Å²) in [6.07, 6.45) is 5.82. The molecule has 3 aliphatic rings. The van der Waals surface area contributed by atoms with Crippen molar-refractivity contribution in [1.29, 1.82) is 0 Å². The standard InChI is InChI=1S/C41H52N10O4/c1-24(2)34(47-40-42-18-21-49(40)5)38(52)50-19-6-8-32(50)36-43-22-30(45-36)28-14-10-26(11-15-28)27-12-16-29(17-13-27)31-23-44-37(46-31)33-9-7-20-51(33)39(53)35(25(3)4)48-41(54)55/h10-17,22-25,32-35,48H,6-9,18-21H2,1-5H3,(H,42,47)(H,43,45)(H,44,46)(H,54,55)/t32-,33-,34-,35-/m0/s1. The fourth-order valence-electron chi connectivity index (χ4n) is 7.96. The number of aromatic nitrogens is 4. The molecule has 0 saturated carbocycles. The first-order valence-electron chi connectivity index (χ1n) is 19.4. The normalized spacial score (nSPS) is 19.6. The second-order valence-corrected chi connectivity index (χ2v) is 15.6. The topological polar surface area (TPSA) is 175 Å². The highest BCUT2D eigenvalue weighted by atomic mass is 16.4. The Bertz CT molecular complexity index is 2020. The molecular formula is C41H52N10O4. The van der Waals surface area contributed by atoms with Gasteiger partial charge in [-0.3, -0.25) is 14.6 Å². The molecule has 4 aromatic rings. The number of H-pyrrole nitrogens is 2. The summed E-state index contributed by atoms with van der Waals surface area (Å²) >= 11 is 0. The Morgan fingerprint density at radius 2 is 1.16 bits per heavy atom. The van der Waals surface area contributed by atoms with Crippen LogP contribution in [0.5, 0.6) is 0 Å². The van der Waals surface area contributed by atoms with Crippen molar-refractivity contribution >= 4 is 23.9 Å². The van der Waals surface area contributed by atoms with Crippen molar-refractivity contribution < 1.29 is 19.5 Å². The second kappa shape index (κ2) is 16.0. The van der Waals surface area contributed by atoms with Crippen LogP contribution in [0.15, 0.2) is 65.9 Å². The van der Waals surface area contributed by atoms with Crippen LogP contribution in [-0.2, 0) is 9.59 Å². The quantitative estimate of drug-likeness (QED) is 0.131. The molecule has 2 saturated heterocycles. The minimum Gasteiger partial charge on any atom is -0.465 e. The van der Waals surface area contributed by atoms with E-state index in [0.717, 1.165) is 84.2 Å². The highest BCUT2D eigenvalue weighted by molar-refractivity contribution is 5.90. The van der Waals surface area contributed by atoms with Crippen molar-refractivity contribution in [2.24, 2.45) is 16.8 Å². The Morgan fingerprint density at radius 1 is 0.709 bits per heavy atom. The van der Waals surface area contributed by atoms with Crippen LogP contribution in [0.4, 0.5) is 4.79 Å². The summed E-state index contributed by atoms with van der Waals surface area (Å²) in [5.74, 6) is 2.08. The lowest BCUT2D eigenvalue weighted by molar-refractivity contribution is -0.136.